The summed E-state index contributed by atoms with van der Waals surface area (Å²) < 4.78 is 5.17. The van der Waals surface area contributed by atoms with Gasteiger partial charge in [0.25, 0.3) is 0 Å². The van der Waals surface area contributed by atoms with Crippen LogP contribution in [0.1, 0.15) is 29.0 Å². The minimum atomic E-state index is -0.798. The molecule has 0 fully saturated rings. The van der Waals surface area contributed by atoms with Crippen LogP contribution in [0.15, 0.2) is 29.0 Å². The van der Waals surface area contributed by atoms with Crippen molar-refractivity contribution in [1.29, 1.82) is 0 Å². The van der Waals surface area contributed by atoms with E-state index in [2.05, 4.69) is 15.0 Å². The van der Waals surface area contributed by atoms with Crippen LogP contribution in [0.4, 0.5) is 0 Å². The van der Waals surface area contributed by atoms with Gasteiger partial charge in [0.15, 0.2) is 0 Å². The summed E-state index contributed by atoms with van der Waals surface area (Å²) >= 11 is 0. The first-order chi connectivity index (χ1) is 10.1. The van der Waals surface area contributed by atoms with Crippen molar-refractivity contribution < 1.29 is 14.4 Å². The number of carboxylic acid groups (broad SMARTS) is 1. The molecule has 0 radical (unpaired) electrons. The van der Waals surface area contributed by atoms with E-state index in [4.69, 9.17) is 9.63 Å². The Kier molecular flexibility index (Phi) is 5.05. The molecule has 2 aromatic heterocycles. The lowest BCUT2D eigenvalue weighted by atomic mass is 10.1. The molecule has 6 heteroatoms. The zero-order valence-electron chi connectivity index (χ0n) is 12.2. The molecule has 112 valence electrons. The number of pyridine rings is 1. The van der Waals surface area contributed by atoms with Crippen molar-refractivity contribution in [3.63, 3.8) is 0 Å². The Morgan fingerprint density at radius 3 is 2.57 bits per heavy atom. The molecule has 21 heavy (non-hydrogen) atoms. The Morgan fingerprint density at radius 2 is 2.00 bits per heavy atom. The minimum Gasteiger partial charge on any atom is -0.481 e. The van der Waals surface area contributed by atoms with E-state index in [1.807, 2.05) is 26.0 Å². The molecule has 0 saturated heterocycles. The summed E-state index contributed by atoms with van der Waals surface area (Å²) in [6.07, 6.45) is 3.58. The molecular weight excluding hydrogens is 270 g/mol. The molecule has 0 aromatic carbocycles. The van der Waals surface area contributed by atoms with Crippen LogP contribution in [0.3, 0.4) is 0 Å². The number of hydrogen-bond acceptors (Lipinski definition) is 5. The fourth-order valence-electron chi connectivity index (χ4n) is 2.17. The second kappa shape index (κ2) is 6.99. The summed E-state index contributed by atoms with van der Waals surface area (Å²) in [6, 6.07) is 3.86. The molecule has 2 aromatic rings. The van der Waals surface area contributed by atoms with Crippen molar-refractivity contribution >= 4 is 5.97 Å². The van der Waals surface area contributed by atoms with Gasteiger partial charge in [-0.05, 0) is 31.5 Å². The van der Waals surface area contributed by atoms with Gasteiger partial charge >= 0.3 is 5.97 Å². The standard InChI is InChI=1S/C15H19N3O3/c1-11-14(12(2)21-17-11)10-18(8-5-15(19)20)9-13-3-6-16-7-4-13/h3-4,6-7H,5,8-10H2,1-2H3,(H,19,20). The van der Waals surface area contributed by atoms with Crippen LogP contribution >= 0.6 is 0 Å². The molecule has 0 unspecified atom stereocenters. The Hall–Kier alpha value is -2.21. The normalized spacial score (nSPS) is 11.0. The third-order valence-corrected chi connectivity index (χ3v) is 3.36. The predicted molar refractivity (Wildman–Crippen MR) is 76.6 cm³/mol. The van der Waals surface area contributed by atoms with E-state index < -0.39 is 5.97 Å². The molecule has 0 saturated carbocycles. The van der Waals surface area contributed by atoms with Gasteiger partial charge in [-0.25, -0.2) is 0 Å². The summed E-state index contributed by atoms with van der Waals surface area (Å²) in [6.45, 7) is 5.53. The van der Waals surface area contributed by atoms with Crippen LogP contribution in [0.5, 0.6) is 0 Å². The molecule has 2 rings (SSSR count). The smallest absolute Gasteiger partial charge is 0.304 e. The topological polar surface area (TPSA) is 79.5 Å². The highest BCUT2D eigenvalue weighted by molar-refractivity contribution is 5.66. The van der Waals surface area contributed by atoms with Crippen molar-refractivity contribution in [3.05, 3.63) is 47.1 Å². The highest BCUT2D eigenvalue weighted by Crippen LogP contribution is 2.17. The third kappa shape index (κ3) is 4.39. The predicted octanol–water partition coefficient (Wildman–Crippen LogP) is 2.16. The van der Waals surface area contributed by atoms with Gasteiger partial charge in [0.05, 0.1) is 12.1 Å². The van der Waals surface area contributed by atoms with Crippen molar-refractivity contribution in [2.75, 3.05) is 6.54 Å². The maximum atomic E-state index is 10.8. The van der Waals surface area contributed by atoms with Gasteiger partial charge in [-0.2, -0.15) is 0 Å². The quantitative estimate of drug-likeness (QED) is 0.841. The SMILES string of the molecule is Cc1noc(C)c1CN(CCC(=O)O)Cc1ccncc1. The van der Waals surface area contributed by atoms with Crippen molar-refractivity contribution in [1.82, 2.24) is 15.0 Å². The lowest BCUT2D eigenvalue weighted by Gasteiger charge is -2.21. The summed E-state index contributed by atoms with van der Waals surface area (Å²) in [5.41, 5.74) is 2.97. The zero-order chi connectivity index (χ0) is 15.2. The second-order valence-electron chi connectivity index (χ2n) is 5.01. The van der Waals surface area contributed by atoms with Gasteiger partial charge in [0, 0.05) is 37.6 Å². The lowest BCUT2D eigenvalue weighted by Crippen LogP contribution is -2.26. The number of hydrogen-bond donors (Lipinski definition) is 1. The first kappa shape index (κ1) is 15.2. The highest BCUT2D eigenvalue weighted by atomic mass is 16.5. The Balaban J connectivity index is 2.10. The number of carboxylic acids is 1. The number of carbonyl (C=O) groups is 1. The molecule has 0 spiro atoms. The molecule has 0 atom stereocenters. The van der Waals surface area contributed by atoms with Crippen LogP contribution in [-0.2, 0) is 17.9 Å². The summed E-state index contributed by atoms with van der Waals surface area (Å²) in [4.78, 5) is 16.9. The third-order valence-electron chi connectivity index (χ3n) is 3.36. The summed E-state index contributed by atoms with van der Waals surface area (Å²) in [5, 5.41) is 12.8. The van der Waals surface area contributed by atoms with Gasteiger partial charge in [0.2, 0.25) is 0 Å². The van der Waals surface area contributed by atoms with Crippen LogP contribution in [0.25, 0.3) is 0 Å². The van der Waals surface area contributed by atoms with E-state index in [1.54, 1.807) is 12.4 Å². The van der Waals surface area contributed by atoms with E-state index in [9.17, 15) is 4.79 Å². The van der Waals surface area contributed by atoms with Gasteiger partial charge in [-0.15, -0.1) is 0 Å². The fourth-order valence-corrected chi connectivity index (χ4v) is 2.17. The monoisotopic (exact) mass is 289 g/mol. The van der Waals surface area contributed by atoms with E-state index in [0.717, 1.165) is 22.6 Å². The van der Waals surface area contributed by atoms with Crippen molar-refractivity contribution in [2.24, 2.45) is 0 Å². The molecule has 0 aliphatic rings. The number of aromatic nitrogens is 2. The fraction of sp³-hybridized carbons (Fsp3) is 0.400. The van der Waals surface area contributed by atoms with Crippen molar-refractivity contribution in [2.45, 2.75) is 33.4 Å². The number of rotatable bonds is 7. The molecule has 0 amide bonds. The average molecular weight is 289 g/mol. The number of nitrogens with zero attached hydrogens (tertiary/aromatic N) is 3. The Morgan fingerprint density at radius 1 is 1.29 bits per heavy atom. The molecule has 1 N–H and O–H groups in total. The number of aliphatic carboxylic acids is 1. The van der Waals surface area contributed by atoms with Gasteiger partial charge in [0.1, 0.15) is 5.76 Å². The lowest BCUT2D eigenvalue weighted by molar-refractivity contribution is -0.137. The Bertz CT molecular complexity index is 576. The molecule has 0 aliphatic carbocycles. The maximum absolute atomic E-state index is 10.8. The minimum absolute atomic E-state index is 0.106. The number of aryl methyl sites for hydroxylation is 2. The van der Waals surface area contributed by atoms with Gasteiger partial charge in [-0.1, -0.05) is 5.16 Å². The molecule has 6 nitrogen and oxygen atoms in total. The van der Waals surface area contributed by atoms with E-state index in [-0.39, 0.29) is 6.42 Å². The molecule has 2 heterocycles. The van der Waals surface area contributed by atoms with Crippen molar-refractivity contribution in [3.8, 4) is 0 Å². The summed E-state index contributed by atoms with van der Waals surface area (Å²) in [7, 11) is 0. The second-order valence-corrected chi connectivity index (χ2v) is 5.01. The van der Waals surface area contributed by atoms with Gasteiger partial charge < -0.3 is 9.63 Å². The van der Waals surface area contributed by atoms with E-state index >= 15 is 0 Å². The molecular formula is C15H19N3O3. The van der Waals surface area contributed by atoms with Crippen LogP contribution in [-0.4, -0.2) is 32.7 Å². The van der Waals surface area contributed by atoms with Crippen LogP contribution in [0, 0.1) is 13.8 Å². The largest absolute Gasteiger partial charge is 0.481 e. The molecule has 0 aliphatic heterocycles. The van der Waals surface area contributed by atoms with Crippen LogP contribution in [0.2, 0.25) is 0 Å². The summed E-state index contributed by atoms with van der Waals surface area (Å²) in [5.74, 6) is -0.0176. The first-order valence-corrected chi connectivity index (χ1v) is 6.81. The molecule has 0 bridgehead atoms. The van der Waals surface area contributed by atoms with Crippen LogP contribution < -0.4 is 0 Å². The average Bonchev–Trinajstić information content (AvgIpc) is 2.77. The van der Waals surface area contributed by atoms with E-state index in [1.165, 1.54) is 0 Å². The Labute approximate surface area is 123 Å². The first-order valence-electron chi connectivity index (χ1n) is 6.81. The maximum Gasteiger partial charge on any atom is 0.304 e. The zero-order valence-corrected chi connectivity index (χ0v) is 12.2. The highest BCUT2D eigenvalue weighted by Gasteiger charge is 2.15. The van der Waals surface area contributed by atoms with E-state index in [0.29, 0.717) is 19.6 Å². The van der Waals surface area contributed by atoms with Gasteiger partial charge in [-0.3, -0.25) is 14.7 Å².